The first kappa shape index (κ1) is 19.5. The maximum Gasteiger partial charge on any atom is 0.301 e. The lowest BCUT2D eigenvalue weighted by atomic mass is 9.95. The highest BCUT2D eigenvalue weighted by molar-refractivity contribution is 7.13. The number of anilines is 1. The number of aromatic nitrogens is 2. The number of Topliss-reactive ketones (excluding diaryl/α,β-unsaturated/α-hetero) is 1. The lowest BCUT2D eigenvalue weighted by Crippen LogP contribution is -2.29. The summed E-state index contributed by atoms with van der Waals surface area (Å²) < 4.78 is 18.4. The summed E-state index contributed by atoms with van der Waals surface area (Å²) in [6, 6.07) is 8.13. The van der Waals surface area contributed by atoms with E-state index >= 15 is 0 Å². The average molecular weight is 427 g/mol. The summed E-state index contributed by atoms with van der Waals surface area (Å²) in [5.41, 5.74) is 1.77. The van der Waals surface area contributed by atoms with Crippen molar-refractivity contribution in [1.82, 2.24) is 10.2 Å². The van der Waals surface area contributed by atoms with Gasteiger partial charge in [-0.3, -0.25) is 14.5 Å². The summed E-state index contributed by atoms with van der Waals surface area (Å²) in [7, 11) is 1.36. The first-order chi connectivity index (χ1) is 14.4. The number of ether oxygens (including phenoxy) is 1. The van der Waals surface area contributed by atoms with Crippen LogP contribution < -0.4 is 9.64 Å². The second kappa shape index (κ2) is 7.56. The standard InChI is InChI=1S/C20H14FN3O5S/c1-29-14-8-11(4-7-13(14)25)16-15(17(26)10-2-5-12(21)6-3-10)18(27)19(28)24(16)20-23-22-9-30-20/h2-9,16,25-26H,1H3. The Morgan fingerprint density at radius 3 is 2.57 bits per heavy atom. The van der Waals surface area contributed by atoms with Crippen LogP contribution in [0, 0.1) is 5.82 Å². The lowest BCUT2D eigenvalue weighted by molar-refractivity contribution is -0.132. The van der Waals surface area contributed by atoms with Crippen LogP contribution in [0.25, 0.3) is 5.76 Å². The Morgan fingerprint density at radius 2 is 1.93 bits per heavy atom. The van der Waals surface area contributed by atoms with Crippen LogP contribution in [0.2, 0.25) is 0 Å². The van der Waals surface area contributed by atoms with Gasteiger partial charge in [-0.2, -0.15) is 0 Å². The molecule has 1 fully saturated rings. The van der Waals surface area contributed by atoms with Crippen LogP contribution in [0.15, 0.2) is 53.5 Å². The summed E-state index contributed by atoms with van der Waals surface area (Å²) in [6.07, 6.45) is 0. The predicted octanol–water partition coefficient (Wildman–Crippen LogP) is 3.02. The number of aromatic hydroxyl groups is 1. The fraction of sp³-hybridized carbons (Fsp3) is 0.100. The minimum Gasteiger partial charge on any atom is -0.507 e. The van der Waals surface area contributed by atoms with Crippen LogP contribution in [0.1, 0.15) is 17.2 Å². The van der Waals surface area contributed by atoms with Crippen LogP contribution in [-0.2, 0) is 9.59 Å². The van der Waals surface area contributed by atoms with Crippen LogP contribution in [0.3, 0.4) is 0 Å². The van der Waals surface area contributed by atoms with Crippen molar-refractivity contribution >= 4 is 33.9 Å². The molecule has 0 spiro atoms. The van der Waals surface area contributed by atoms with E-state index in [1.54, 1.807) is 0 Å². The number of rotatable bonds is 4. The van der Waals surface area contributed by atoms with Crippen LogP contribution in [0.4, 0.5) is 9.52 Å². The molecule has 1 amide bonds. The molecule has 3 aromatic rings. The third-order valence-electron chi connectivity index (χ3n) is 4.64. The molecule has 30 heavy (non-hydrogen) atoms. The summed E-state index contributed by atoms with van der Waals surface area (Å²) in [6.45, 7) is 0. The zero-order valence-corrected chi connectivity index (χ0v) is 16.3. The highest BCUT2D eigenvalue weighted by Crippen LogP contribution is 2.44. The number of aliphatic hydroxyl groups excluding tert-OH is 1. The predicted molar refractivity (Wildman–Crippen MR) is 106 cm³/mol. The van der Waals surface area contributed by atoms with Crippen molar-refractivity contribution in [2.45, 2.75) is 6.04 Å². The molecule has 0 saturated carbocycles. The van der Waals surface area contributed by atoms with Gasteiger partial charge >= 0.3 is 5.91 Å². The van der Waals surface area contributed by atoms with Gasteiger partial charge in [-0.1, -0.05) is 17.4 Å². The Morgan fingerprint density at radius 1 is 1.20 bits per heavy atom. The van der Waals surface area contributed by atoms with Gasteiger partial charge < -0.3 is 14.9 Å². The van der Waals surface area contributed by atoms with Crippen molar-refractivity contribution in [3.8, 4) is 11.5 Å². The third kappa shape index (κ3) is 3.16. The van der Waals surface area contributed by atoms with Gasteiger partial charge in [0.1, 0.15) is 17.1 Å². The number of benzene rings is 2. The second-order valence-corrected chi connectivity index (χ2v) is 7.14. The van der Waals surface area contributed by atoms with E-state index in [0.717, 1.165) is 28.4 Å². The van der Waals surface area contributed by atoms with Crippen LogP contribution >= 0.6 is 11.3 Å². The minimum absolute atomic E-state index is 0.122. The van der Waals surface area contributed by atoms with Gasteiger partial charge in [-0.25, -0.2) is 4.39 Å². The van der Waals surface area contributed by atoms with Gasteiger partial charge in [0, 0.05) is 5.56 Å². The van der Waals surface area contributed by atoms with E-state index in [4.69, 9.17) is 4.74 Å². The second-order valence-electron chi connectivity index (χ2n) is 6.33. The van der Waals surface area contributed by atoms with Crippen molar-refractivity contribution in [3.63, 3.8) is 0 Å². The number of carbonyl (C=O) groups is 2. The monoisotopic (exact) mass is 427 g/mol. The van der Waals surface area contributed by atoms with Gasteiger partial charge in [0.2, 0.25) is 5.13 Å². The van der Waals surface area contributed by atoms with Gasteiger partial charge in [0.25, 0.3) is 5.78 Å². The molecule has 1 aliphatic heterocycles. The smallest absolute Gasteiger partial charge is 0.301 e. The fourth-order valence-corrected chi connectivity index (χ4v) is 3.83. The molecule has 1 aromatic heterocycles. The maximum absolute atomic E-state index is 13.3. The van der Waals surface area contributed by atoms with E-state index in [1.165, 1.54) is 43.0 Å². The number of phenols is 1. The highest BCUT2D eigenvalue weighted by atomic mass is 32.1. The Balaban J connectivity index is 1.95. The summed E-state index contributed by atoms with van der Waals surface area (Å²) in [5.74, 6) is -2.81. The van der Waals surface area contributed by atoms with Crippen molar-refractivity contribution in [1.29, 1.82) is 0 Å². The molecular formula is C20H14FN3O5S. The Hall–Kier alpha value is -3.79. The molecule has 10 heteroatoms. The summed E-state index contributed by atoms with van der Waals surface area (Å²) in [5, 5.41) is 28.6. The average Bonchev–Trinajstić information content (AvgIpc) is 3.35. The summed E-state index contributed by atoms with van der Waals surface area (Å²) >= 11 is 1.05. The largest absolute Gasteiger partial charge is 0.507 e. The topological polar surface area (TPSA) is 113 Å². The summed E-state index contributed by atoms with van der Waals surface area (Å²) in [4.78, 5) is 26.9. The van der Waals surface area contributed by atoms with Gasteiger partial charge in [0.05, 0.1) is 18.7 Å². The zero-order valence-electron chi connectivity index (χ0n) is 15.4. The number of ketones is 1. The minimum atomic E-state index is -1.06. The van der Waals surface area contributed by atoms with Crippen LogP contribution in [0.5, 0.6) is 11.5 Å². The fourth-order valence-electron chi connectivity index (χ4n) is 3.24. The molecule has 1 aliphatic rings. The van der Waals surface area contributed by atoms with E-state index in [9.17, 15) is 24.2 Å². The lowest BCUT2D eigenvalue weighted by Gasteiger charge is -2.23. The van der Waals surface area contributed by atoms with E-state index in [2.05, 4.69) is 10.2 Å². The van der Waals surface area contributed by atoms with Crippen molar-refractivity contribution < 1.29 is 28.9 Å². The third-order valence-corrected chi connectivity index (χ3v) is 5.33. The first-order valence-electron chi connectivity index (χ1n) is 8.62. The van der Waals surface area contributed by atoms with Gasteiger partial charge in [0.15, 0.2) is 11.5 Å². The van der Waals surface area contributed by atoms with E-state index in [-0.39, 0.29) is 27.8 Å². The maximum atomic E-state index is 13.3. The SMILES string of the molecule is COc1cc(C2C(=C(O)c3ccc(F)cc3)C(=O)C(=O)N2c2nncs2)ccc1O. The molecule has 1 atom stereocenters. The molecule has 4 rings (SSSR count). The number of amides is 1. The Labute approximate surface area is 173 Å². The number of halogens is 1. The molecular weight excluding hydrogens is 413 g/mol. The highest BCUT2D eigenvalue weighted by Gasteiger charge is 2.48. The number of aliphatic hydroxyl groups is 1. The molecule has 0 aliphatic carbocycles. The molecule has 0 bridgehead atoms. The first-order valence-corrected chi connectivity index (χ1v) is 9.50. The number of hydrogen-bond donors (Lipinski definition) is 2. The molecule has 152 valence electrons. The van der Waals surface area contributed by atoms with Crippen molar-refractivity contribution in [2.24, 2.45) is 0 Å². The Kier molecular flexibility index (Phi) is 4.92. The zero-order chi connectivity index (χ0) is 21.4. The number of hydrogen-bond acceptors (Lipinski definition) is 8. The quantitative estimate of drug-likeness (QED) is 0.374. The molecule has 2 N–H and O–H groups in total. The van der Waals surface area contributed by atoms with E-state index < -0.39 is 29.3 Å². The van der Waals surface area contributed by atoms with Crippen LogP contribution in [-0.4, -0.2) is 39.2 Å². The molecule has 1 saturated heterocycles. The molecule has 1 unspecified atom stereocenters. The van der Waals surface area contributed by atoms with E-state index in [1.807, 2.05) is 0 Å². The van der Waals surface area contributed by atoms with Crippen molar-refractivity contribution in [3.05, 3.63) is 70.5 Å². The molecule has 2 aromatic carbocycles. The number of carbonyl (C=O) groups excluding carboxylic acids is 2. The Bertz CT molecular complexity index is 1160. The number of nitrogens with zero attached hydrogens (tertiary/aromatic N) is 3. The normalized spacial score (nSPS) is 18.1. The molecule has 2 heterocycles. The van der Waals surface area contributed by atoms with Gasteiger partial charge in [-0.15, -0.1) is 10.2 Å². The number of phenolic OH excluding ortho intramolecular Hbond substituents is 1. The number of methoxy groups -OCH3 is 1. The molecule has 0 radical (unpaired) electrons. The molecule has 8 nitrogen and oxygen atoms in total. The van der Waals surface area contributed by atoms with Crippen molar-refractivity contribution in [2.75, 3.05) is 12.0 Å². The van der Waals surface area contributed by atoms with E-state index in [0.29, 0.717) is 5.56 Å². The van der Waals surface area contributed by atoms with Gasteiger partial charge in [-0.05, 0) is 42.0 Å².